The third-order valence-corrected chi connectivity index (χ3v) is 8.02. The molecule has 3 heterocycles. The number of benzene rings is 1. The minimum Gasteiger partial charge on any atom is -0.348 e. The van der Waals surface area contributed by atoms with Gasteiger partial charge in [-0.15, -0.1) is 0 Å². The lowest BCUT2D eigenvalue weighted by molar-refractivity contribution is 0.270. The van der Waals surface area contributed by atoms with Gasteiger partial charge in [0.2, 0.25) is 21.7 Å². The molecule has 0 unspecified atom stereocenters. The summed E-state index contributed by atoms with van der Waals surface area (Å²) in [6, 6.07) is 9.49. The van der Waals surface area contributed by atoms with Crippen LogP contribution in [-0.4, -0.2) is 40.5 Å². The van der Waals surface area contributed by atoms with Crippen molar-refractivity contribution >= 4 is 10.0 Å². The average Bonchev–Trinajstić information content (AvgIpc) is 3.47. The normalized spacial score (nSPS) is 18.2. The fourth-order valence-corrected chi connectivity index (χ4v) is 5.92. The van der Waals surface area contributed by atoms with Crippen LogP contribution in [0.5, 0.6) is 0 Å². The maximum absolute atomic E-state index is 13.1. The standard InChI is InChI=1S/C21H24N4O3S/c1-24-11-3-6-19(24)20-22-21(28-23-20)16-9-12-25(13-10-16)29(26,27)18-8-7-15-4-2-5-17(15)14-18/h3,6-8,11,14,16H,2,4-5,9-10,12-13H2,1H3. The largest absolute Gasteiger partial charge is 0.348 e. The smallest absolute Gasteiger partial charge is 0.243 e. The second kappa shape index (κ2) is 7.11. The Kier molecular flexibility index (Phi) is 4.55. The summed E-state index contributed by atoms with van der Waals surface area (Å²) in [5, 5.41) is 4.10. The first-order valence-corrected chi connectivity index (χ1v) is 11.5. The Morgan fingerprint density at radius 1 is 1.10 bits per heavy atom. The summed E-state index contributed by atoms with van der Waals surface area (Å²) in [5.41, 5.74) is 3.37. The molecule has 0 radical (unpaired) electrons. The summed E-state index contributed by atoms with van der Waals surface area (Å²) in [6.07, 6.45) is 6.43. The zero-order valence-electron chi connectivity index (χ0n) is 16.4. The first-order valence-electron chi connectivity index (χ1n) is 10.1. The lowest BCUT2D eigenvalue weighted by Crippen LogP contribution is -2.38. The Morgan fingerprint density at radius 2 is 1.90 bits per heavy atom. The van der Waals surface area contributed by atoms with E-state index >= 15 is 0 Å². The van der Waals surface area contributed by atoms with Gasteiger partial charge in [-0.05, 0) is 67.5 Å². The quantitative estimate of drug-likeness (QED) is 0.658. The molecule has 5 rings (SSSR count). The molecule has 152 valence electrons. The van der Waals surface area contributed by atoms with Crippen molar-refractivity contribution in [1.29, 1.82) is 0 Å². The molecule has 7 nitrogen and oxygen atoms in total. The van der Waals surface area contributed by atoms with E-state index in [-0.39, 0.29) is 5.92 Å². The van der Waals surface area contributed by atoms with Gasteiger partial charge in [-0.25, -0.2) is 8.42 Å². The fraction of sp³-hybridized carbons (Fsp3) is 0.429. The minimum atomic E-state index is -3.46. The Bertz CT molecular complexity index is 1140. The summed E-state index contributed by atoms with van der Waals surface area (Å²) in [5.74, 6) is 1.25. The molecule has 8 heteroatoms. The van der Waals surface area contributed by atoms with Gasteiger partial charge in [0.1, 0.15) is 0 Å². The highest BCUT2D eigenvalue weighted by Gasteiger charge is 2.32. The third kappa shape index (κ3) is 3.30. The second-order valence-electron chi connectivity index (χ2n) is 7.92. The van der Waals surface area contributed by atoms with Crippen molar-refractivity contribution in [2.45, 2.75) is 42.9 Å². The molecule has 1 aliphatic heterocycles. The van der Waals surface area contributed by atoms with Gasteiger partial charge < -0.3 is 9.09 Å². The number of aryl methyl sites for hydroxylation is 3. The van der Waals surface area contributed by atoms with Gasteiger partial charge in [0, 0.05) is 32.3 Å². The van der Waals surface area contributed by atoms with Crippen molar-refractivity contribution in [3.63, 3.8) is 0 Å². The topological polar surface area (TPSA) is 81.2 Å². The van der Waals surface area contributed by atoms with E-state index in [1.54, 1.807) is 10.4 Å². The number of nitrogens with zero attached hydrogens (tertiary/aromatic N) is 4. The second-order valence-corrected chi connectivity index (χ2v) is 9.86. The third-order valence-electron chi connectivity index (χ3n) is 6.13. The Balaban J connectivity index is 1.29. The summed E-state index contributed by atoms with van der Waals surface area (Å²) in [6.45, 7) is 0.928. The highest BCUT2D eigenvalue weighted by molar-refractivity contribution is 7.89. The van der Waals surface area contributed by atoms with Gasteiger partial charge in [0.05, 0.1) is 10.6 Å². The van der Waals surface area contributed by atoms with Crippen molar-refractivity contribution in [1.82, 2.24) is 19.0 Å². The molecule has 29 heavy (non-hydrogen) atoms. The SMILES string of the molecule is Cn1cccc1-c1noc(C2CCN(S(=O)(=O)c3ccc4c(c3)CCC4)CC2)n1. The number of sulfonamides is 1. The maximum Gasteiger partial charge on any atom is 0.243 e. The van der Waals surface area contributed by atoms with E-state index in [1.165, 1.54) is 11.1 Å². The van der Waals surface area contributed by atoms with Crippen LogP contribution in [-0.2, 0) is 29.9 Å². The van der Waals surface area contributed by atoms with Crippen molar-refractivity contribution in [2.75, 3.05) is 13.1 Å². The lowest BCUT2D eigenvalue weighted by Gasteiger charge is -2.29. The molecule has 0 spiro atoms. The van der Waals surface area contributed by atoms with E-state index < -0.39 is 10.0 Å². The van der Waals surface area contributed by atoms with Gasteiger partial charge in [-0.3, -0.25) is 0 Å². The van der Waals surface area contributed by atoms with Crippen LogP contribution in [0.2, 0.25) is 0 Å². The molecular weight excluding hydrogens is 388 g/mol. The molecule has 0 amide bonds. The van der Waals surface area contributed by atoms with Crippen LogP contribution in [0, 0.1) is 0 Å². The minimum absolute atomic E-state index is 0.0861. The molecule has 1 aliphatic carbocycles. The summed E-state index contributed by atoms with van der Waals surface area (Å²) in [4.78, 5) is 4.97. The predicted octanol–water partition coefficient (Wildman–Crippen LogP) is 3.13. The fourth-order valence-electron chi connectivity index (χ4n) is 4.40. The number of hydrogen-bond donors (Lipinski definition) is 0. The molecule has 1 fully saturated rings. The molecule has 0 atom stereocenters. The zero-order valence-corrected chi connectivity index (χ0v) is 17.2. The van der Waals surface area contributed by atoms with Crippen molar-refractivity contribution in [3.8, 4) is 11.5 Å². The van der Waals surface area contributed by atoms with Gasteiger partial charge in [0.15, 0.2) is 0 Å². The average molecular weight is 413 g/mol. The Hall–Kier alpha value is -2.45. The van der Waals surface area contributed by atoms with E-state index in [0.717, 1.165) is 25.0 Å². The van der Waals surface area contributed by atoms with E-state index in [2.05, 4.69) is 10.1 Å². The van der Waals surface area contributed by atoms with Crippen LogP contribution >= 0.6 is 0 Å². The van der Waals surface area contributed by atoms with Crippen LogP contribution in [0.3, 0.4) is 0 Å². The molecular formula is C21H24N4O3S. The molecule has 1 aromatic carbocycles. The Labute approximate surface area is 170 Å². The van der Waals surface area contributed by atoms with E-state index in [1.807, 2.05) is 42.1 Å². The number of aromatic nitrogens is 3. The van der Waals surface area contributed by atoms with Gasteiger partial charge in [-0.1, -0.05) is 11.2 Å². The van der Waals surface area contributed by atoms with Crippen molar-refractivity contribution in [2.24, 2.45) is 7.05 Å². The van der Waals surface area contributed by atoms with E-state index in [0.29, 0.717) is 42.5 Å². The zero-order chi connectivity index (χ0) is 20.0. The Morgan fingerprint density at radius 3 is 2.66 bits per heavy atom. The van der Waals surface area contributed by atoms with Gasteiger partial charge in [-0.2, -0.15) is 9.29 Å². The first kappa shape index (κ1) is 18.6. The lowest BCUT2D eigenvalue weighted by atomic mass is 9.98. The first-order chi connectivity index (χ1) is 14.0. The van der Waals surface area contributed by atoms with Crippen molar-refractivity contribution < 1.29 is 12.9 Å². The predicted molar refractivity (Wildman–Crippen MR) is 108 cm³/mol. The van der Waals surface area contributed by atoms with Gasteiger partial charge >= 0.3 is 0 Å². The van der Waals surface area contributed by atoms with Crippen LogP contribution in [0.1, 0.15) is 42.2 Å². The highest BCUT2D eigenvalue weighted by atomic mass is 32.2. The molecule has 1 saturated heterocycles. The van der Waals surface area contributed by atoms with Crippen LogP contribution < -0.4 is 0 Å². The molecule has 0 bridgehead atoms. The van der Waals surface area contributed by atoms with Crippen molar-refractivity contribution in [3.05, 3.63) is 53.5 Å². The maximum atomic E-state index is 13.1. The molecule has 3 aromatic rings. The molecule has 2 aromatic heterocycles. The molecule has 2 aliphatic rings. The number of fused-ring (bicyclic) bond motifs is 1. The number of piperidine rings is 1. The summed E-state index contributed by atoms with van der Waals surface area (Å²) in [7, 11) is -1.52. The van der Waals surface area contributed by atoms with E-state index in [4.69, 9.17) is 4.52 Å². The van der Waals surface area contributed by atoms with Crippen LogP contribution in [0.15, 0.2) is 45.9 Å². The molecule has 0 N–H and O–H groups in total. The highest BCUT2D eigenvalue weighted by Crippen LogP contribution is 2.32. The molecule has 0 saturated carbocycles. The summed E-state index contributed by atoms with van der Waals surface area (Å²) >= 11 is 0. The number of hydrogen-bond acceptors (Lipinski definition) is 5. The van der Waals surface area contributed by atoms with Gasteiger partial charge in [0.25, 0.3) is 0 Å². The monoisotopic (exact) mass is 412 g/mol. The van der Waals surface area contributed by atoms with Crippen LogP contribution in [0.4, 0.5) is 0 Å². The summed E-state index contributed by atoms with van der Waals surface area (Å²) < 4.78 is 35.2. The van der Waals surface area contributed by atoms with Crippen LogP contribution in [0.25, 0.3) is 11.5 Å². The van der Waals surface area contributed by atoms with E-state index in [9.17, 15) is 8.42 Å². The number of rotatable bonds is 4.